The van der Waals surface area contributed by atoms with Crippen LogP contribution in [0, 0.1) is 11.8 Å². The Morgan fingerprint density at radius 1 is 1.11 bits per heavy atom. The van der Waals surface area contributed by atoms with E-state index in [4.69, 9.17) is 12.2 Å². The molecule has 4 heteroatoms. The van der Waals surface area contributed by atoms with E-state index in [0.717, 1.165) is 0 Å². The van der Waals surface area contributed by atoms with E-state index < -0.39 is 0 Å². The molecule has 0 radical (unpaired) electrons. The van der Waals surface area contributed by atoms with Gasteiger partial charge in [0.15, 0.2) is 0 Å². The summed E-state index contributed by atoms with van der Waals surface area (Å²) in [6.45, 7) is 0. The van der Waals surface area contributed by atoms with E-state index in [1.807, 2.05) is 6.08 Å². The molecule has 2 aliphatic carbocycles. The van der Waals surface area contributed by atoms with Crippen LogP contribution in [0.1, 0.15) is 32.1 Å². The highest BCUT2D eigenvalue weighted by molar-refractivity contribution is 7.81. The van der Waals surface area contributed by atoms with Gasteiger partial charge >= 0.3 is 0 Å². The van der Waals surface area contributed by atoms with Gasteiger partial charge in [0.25, 0.3) is 11.8 Å². The summed E-state index contributed by atoms with van der Waals surface area (Å²) in [7, 11) is 0. The molecule has 3 nitrogen and oxygen atoms in total. The lowest BCUT2D eigenvalue weighted by molar-refractivity contribution is -0.123. The normalized spacial score (nSPS) is 28.7. The van der Waals surface area contributed by atoms with E-state index in [2.05, 4.69) is 5.32 Å². The summed E-state index contributed by atoms with van der Waals surface area (Å²) in [5.74, 6) is 0.0802. The maximum atomic E-state index is 11.7. The fourth-order valence-corrected chi connectivity index (χ4v) is 3.66. The topological polar surface area (TPSA) is 46.2 Å². The van der Waals surface area contributed by atoms with Gasteiger partial charge in [0.1, 0.15) is 0 Å². The summed E-state index contributed by atoms with van der Waals surface area (Å²) in [5.41, 5.74) is 0.908. The van der Waals surface area contributed by atoms with Gasteiger partial charge in [-0.15, -0.1) is 0 Å². The molecule has 18 heavy (non-hydrogen) atoms. The van der Waals surface area contributed by atoms with Gasteiger partial charge in [-0.1, -0.05) is 43.6 Å². The van der Waals surface area contributed by atoms with Crippen molar-refractivity contribution >= 4 is 28.9 Å². The molecule has 3 rings (SSSR count). The SMILES string of the molecule is O=C1NC(=O)C2=C1C=CC(C1CCCCC1)C2=S. The number of hydrogen-bond donors (Lipinski definition) is 1. The molecular weight excluding hydrogens is 246 g/mol. The molecule has 94 valence electrons. The van der Waals surface area contributed by atoms with Crippen LogP contribution in [0.5, 0.6) is 0 Å². The maximum absolute atomic E-state index is 11.7. The number of rotatable bonds is 1. The van der Waals surface area contributed by atoms with Crippen LogP contribution in [0.3, 0.4) is 0 Å². The molecule has 0 aromatic heterocycles. The summed E-state index contributed by atoms with van der Waals surface area (Å²) < 4.78 is 0. The highest BCUT2D eigenvalue weighted by Gasteiger charge is 2.38. The van der Waals surface area contributed by atoms with Crippen molar-refractivity contribution in [2.24, 2.45) is 11.8 Å². The van der Waals surface area contributed by atoms with Gasteiger partial charge in [0, 0.05) is 10.8 Å². The minimum atomic E-state index is -0.315. The Labute approximate surface area is 111 Å². The van der Waals surface area contributed by atoms with Crippen LogP contribution in [0.2, 0.25) is 0 Å². The van der Waals surface area contributed by atoms with Crippen LogP contribution in [0.15, 0.2) is 23.3 Å². The average Bonchev–Trinajstić information content (AvgIpc) is 2.67. The van der Waals surface area contributed by atoms with E-state index >= 15 is 0 Å². The first-order chi connectivity index (χ1) is 8.68. The molecule has 1 aliphatic heterocycles. The highest BCUT2D eigenvalue weighted by Crippen LogP contribution is 2.37. The van der Waals surface area contributed by atoms with E-state index in [0.29, 0.717) is 21.9 Å². The van der Waals surface area contributed by atoms with E-state index in [9.17, 15) is 9.59 Å². The van der Waals surface area contributed by atoms with Gasteiger partial charge in [-0.25, -0.2) is 0 Å². The van der Waals surface area contributed by atoms with Crippen molar-refractivity contribution in [3.8, 4) is 0 Å². The predicted molar refractivity (Wildman–Crippen MR) is 72.0 cm³/mol. The second-order valence-corrected chi connectivity index (χ2v) is 5.66. The van der Waals surface area contributed by atoms with Crippen molar-refractivity contribution in [3.05, 3.63) is 23.3 Å². The number of thiocarbonyl (C=S) groups is 1. The first-order valence-electron chi connectivity index (χ1n) is 6.51. The first-order valence-corrected chi connectivity index (χ1v) is 6.91. The number of imide groups is 1. The molecule has 1 saturated carbocycles. The minimum absolute atomic E-state index is 0.163. The van der Waals surface area contributed by atoms with Crippen molar-refractivity contribution in [2.75, 3.05) is 0 Å². The molecule has 3 aliphatic rings. The molecule has 1 N–H and O–H groups in total. The number of nitrogens with one attached hydrogen (secondary N) is 1. The molecule has 0 bridgehead atoms. The number of amides is 2. The third-order valence-corrected chi connectivity index (χ3v) is 4.62. The second-order valence-electron chi connectivity index (χ2n) is 5.22. The van der Waals surface area contributed by atoms with Crippen LogP contribution in [-0.2, 0) is 9.59 Å². The predicted octanol–water partition coefficient (Wildman–Crippen LogP) is 2.08. The summed E-state index contributed by atoms with van der Waals surface area (Å²) >= 11 is 5.45. The van der Waals surface area contributed by atoms with Crippen molar-refractivity contribution < 1.29 is 9.59 Å². The van der Waals surface area contributed by atoms with Gasteiger partial charge in [-0.2, -0.15) is 0 Å². The first kappa shape index (κ1) is 11.8. The lowest BCUT2D eigenvalue weighted by Crippen LogP contribution is -2.29. The average molecular weight is 261 g/mol. The van der Waals surface area contributed by atoms with Crippen LogP contribution < -0.4 is 5.32 Å². The van der Waals surface area contributed by atoms with Gasteiger partial charge in [0.2, 0.25) is 0 Å². The Bertz CT molecular complexity index is 498. The standard InChI is InChI=1S/C14H15NO2S/c16-13-10-7-6-9(8-4-2-1-3-5-8)12(18)11(10)14(17)15-13/h6-9H,1-5H2,(H,15,16,17). The van der Waals surface area contributed by atoms with Crippen LogP contribution in [0.4, 0.5) is 0 Å². The number of carbonyl (C=O) groups is 2. The van der Waals surface area contributed by atoms with Gasteiger partial charge in [0.05, 0.1) is 11.1 Å². The summed E-state index contributed by atoms with van der Waals surface area (Å²) in [6.07, 6.45) is 9.94. The van der Waals surface area contributed by atoms with Crippen LogP contribution in [0.25, 0.3) is 0 Å². The van der Waals surface area contributed by atoms with E-state index in [-0.39, 0.29) is 17.7 Å². The zero-order valence-corrected chi connectivity index (χ0v) is 10.9. The molecule has 0 aromatic rings. The Balaban J connectivity index is 1.88. The molecule has 0 spiro atoms. The monoisotopic (exact) mass is 261 g/mol. The molecule has 1 heterocycles. The maximum Gasteiger partial charge on any atom is 0.260 e. The minimum Gasteiger partial charge on any atom is -0.288 e. The quantitative estimate of drug-likeness (QED) is 0.580. The molecule has 0 saturated heterocycles. The zero-order valence-electron chi connectivity index (χ0n) is 10.1. The summed E-state index contributed by atoms with van der Waals surface area (Å²) in [5, 5.41) is 2.32. The molecule has 1 unspecified atom stereocenters. The van der Waals surface area contributed by atoms with E-state index in [1.165, 1.54) is 32.1 Å². The van der Waals surface area contributed by atoms with E-state index in [1.54, 1.807) is 6.08 Å². The Kier molecular flexibility index (Phi) is 2.90. The molecule has 2 amide bonds. The molecule has 1 fully saturated rings. The van der Waals surface area contributed by atoms with Gasteiger partial charge in [-0.05, 0) is 18.8 Å². The molecular formula is C14H15NO2S. The second kappa shape index (κ2) is 4.43. The third-order valence-electron chi connectivity index (χ3n) is 4.15. The lowest BCUT2D eigenvalue weighted by Gasteiger charge is -2.30. The number of hydrogen-bond acceptors (Lipinski definition) is 3. The molecule has 1 atom stereocenters. The summed E-state index contributed by atoms with van der Waals surface area (Å²) in [6, 6.07) is 0. The van der Waals surface area contributed by atoms with Crippen LogP contribution >= 0.6 is 12.2 Å². The highest BCUT2D eigenvalue weighted by atomic mass is 32.1. The zero-order chi connectivity index (χ0) is 12.7. The largest absolute Gasteiger partial charge is 0.288 e. The Hall–Kier alpha value is -1.29. The Morgan fingerprint density at radius 3 is 2.56 bits per heavy atom. The smallest absolute Gasteiger partial charge is 0.260 e. The van der Waals surface area contributed by atoms with Crippen molar-refractivity contribution in [1.82, 2.24) is 5.32 Å². The van der Waals surface area contributed by atoms with Crippen LogP contribution in [-0.4, -0.2) is 16.7 Å². The van der Waals surface area contributed by atoms with Crippen molar-refractivity contribution in [3.63, 3.8) is 0 Å². The number of carbonyl (C=O) groups excluding carboxylic acids is 2. The fourth-order valence-electron chi connectivity index (χ4n) is 3.19. The van der Waals surface area contributed by atoms with Gasteiger partial charge in [-0.3, -0.25) is 14.9 Å². The number of allylic oxidation sites excluding steroid dienone is 1. The van der Waals surface area contributed by atoms with Gasteiger partial charge < -0.3 is 0 Å². The fraction of sp³-hybridized carbons (Fsp3) is 0.500. The third kappa shape index (κ3) is 1.75. The lowest BCUT2D eigenvalue weighted by atomic mass is 9.75. The van der Waals surface area contributed by atoms with Crippen molar-refractivity contribution in [1.29, 1.82) is 0 Å². The van der Waals surface area contributed by atoms with Crippen molar-refractivity contribution in [2.45, 2.75) is 32.1 Å². The summed E-state index contributed by atoms with van der Waals surface area (Å²) in [4.78, 5) is 24.0. The molecule has 0 aromatic carbocycles. The Morgan fingerprint density at radius 2 is 1.83 bits per heavy atom.